The van der Waals surface area contributed by atoms with Gasteiger partial charge in [-0.2, -0.15) is 17.5 Å². The van der Waals surface area contributed by atoms with Gasteiger partial charge in [-0.05, 0) is 38.1 Å². The summed E-state index contributed by atoms with van der Waals surface area (Å²) in [7, 11) is -1.49. The average molecular weight is 528 g/mol. The van der Waals surface area contributed by atoms with E-state index >= 15 is 0 Å². The Bertz CT molecular complexity index is 1190. The first kappa shape index (κ1) is 27.6. The van der Waals surface area contributed by atoms with Crippen LogP contribution < -0.4 is 4.90 Å². The molecule has 1 amide bonds. The number of hydrogen-bond acceptors (Lipinski definition) is 5. The molecule has 1 unspecified atom stereocenters. The SMILES string of the molecule is Cc1ccc(CS(=O)(=O)N2CCC3(CN(c4ccccc4)C(=O)CN3C)C2)cc1.O=C(O)C(F)(F)F. The number of alkyl halides is 3. The molecule has 4 rings (SSSR count). The van der Waals surface area contributed by atoms with E-state index in [1.165, 1.54) is 0 Å². The Morgan fingerprint density at radius 2 is 1.64 bits per heavy atom. The summed E-state index contributed by atoms with van der Waals surface area (Å²) in [4.78, 5) is 25.4. The van der Waals surface area contributed by atoms with Crippen LogP contribution in [0.4, 0.5) is 18.9 Å². The first-order valence-electron chi connectivity index (χ1n) is 11.1. The number of benzene rings is 2. The number of amides is 1. The van der Waals surface area contributed by atoms with Crippen molar-refractivity contribution in [3.8, 4) is 0 Å². The summed E-state index contributed by atoms with van der Waals surface area (Å²) in [6, 6.07) is 17.2. The van der Waals surface area contributed by atoms with E-state index in [9.17, 15) is 26.4 Å². The van der Waals surface area contributed by atoms with Crippen molar-refractivity contribution >= 4 is 27.6 Å². The number of likely N-dealkylation sites (N-methyl/N-ethyl adjacent to an activating group) is 1. The Hall–Kier alpha value is -2.96. The molecular formula is C24H28F3N3O5S. The molecule has 2 heterocycles. The molecule has 1 N–H and O–H groups in total. The van der Waals surface area contributed by atoms with Gasteiger partial charge in [0.1, 0.15) is 0 Å². The standard InChI is InChI=1S/C22H27N3O3S.C2HF3O2/c1-18-8-10-19(11-9-18)15-29(27,28)24-13-12-22(16-24)17-25(21(26)14-23(22)2)20-6-4-3-5-7-20;3-2(4,5)1(6)7/h3-11H,12-17H2,1-2H3;(H,6,7). The van der Waals surface area contributed by atoms with Crippen LogP contribution in [-0.4, -0.2) is 79.5 Å². The number of sulfonamides is 1. The van der Waals surface area contributed by atoms with Crippen molar-refractivity contribution in [2.45, 2.75) is 30.8 Å². The smallest absolute Gasteiger partial charge is 0.475 e. The Balaban J connectivity index is 0.000000454. The van der Waals surface area contributed by atoms with Gasteiger partial charge in [0.25, 0.3) is 0 Å². The lowest BCUT2D eigenvalue weighted by Gasteiger charge is -2.46. The van der Waals surface area contributed by atoms with E-state index in [1.807, 2.05) is 73.5 Å². The third-order valence-electron chi connectivity index (χ3n) is 6.41. The van der Waals surface area contributed by atoms with Crippen molar-refractivity contribution < 1.29 is 36.3 Å². The number of aryl methyl sites for hydroxylation is 1. The molecule has 1 spiro atoms. The van der Waals surface area contributed by atoms with E-state index in [1.54, 1.807) is 9.21 Å². The number of anilines is 1. The van der Waals surface area contributed by atoms with Gasteiger partial charge in [0.05, 0.1) is 17.8 Å². The van der Waals surface area contributed by atoms with Crippen molar-refractivity contribution in [1.29, 1.82) is 0 Å². The Kier molecular flexibility index (Phi) is 8.11. The zero-order chi connectivity index (χ0) is 26.7. The van der Waals surface area contributed by atoms with Crippen molar-refractivity contribution in [2.24, 2.45) is 0 Å². The lowest BCUT2D eigenvalue weighted by Crippen LogP contribution is -2.64. The molecule has 1 atom stereocenters. The molecule has 2 saturated heterocycles. The minimum atomic E-state index is -5.08. The van der Waals surface area contributed by atoms with Gasteiger partial charge in [-0.1, -0.05) is 48.0 Å². The second kappa shape index (κ2) is 10.6. The molecule has 12 heteroatoms. The molecule has 0 aromatic heterocycles. The van der Waals surface area contributed by atoms with Crippen LogP contribution in [-0.2, 0) is 25.4 Å². The average Bonchev–Trinajstić information content (AvgIpc) is 3.25. The summed E-state index contributed by atoms with van der Waals surface area (Å²) in [5.74, 6) is -2.70. The van der Waals surface area contributed by atoms with Crippen LogP contribution >= 0.6 is 0 Å². The Morgan fingerprint density at radius 3 is 2.19 bits per heavy atom. The number of nitrogens with zero attached hydrogens (tertiary/aromatic N) is 3. The summed E-state index contributed by atoms with van der Waals surface area (Å²) in [6.45, 7) is 3.68. The maximum absolute atomic E-state index is 13.1. The fourth-order valence-corrected chi connectivity index (χ4v) is 5.89. The molecule has 0 radical (unpaired) electrons. The third kappa shape index (κ3) is 6.42. The number of piperazine rings is 1. The minimum absolute atomic E-state index is 0.00834. The Labute approximate surface area is 208 Å². The molecule has 2 aliphatic rings. The predicted octanol–water partition coefficient (Wildman–Crippen LogP) is 2.88. The van der Waals surface area contributed by atoms with Gasteiger partial charge >= 0.3 is 12.1 Å². The second-order valence-electron chi connectivity index (χ2n) is 9.02. The van der Waals surface area contributed by atoms with Crippen LogP contribution in [0.3, 0.4) is 0 Å². The number of halogens is 3. The fraction of sp³-hybridized carbons (Fsp3) is 0.417. The predicted molar refractivity (Wildman–Crippen MR) is 128 cm³/mol. The topological polar surface area (TPSA) is 98.2 Å². The number of aliphatic carboxylic acids is 1. The maximum Gasteiger partial charge on any atom is 0.490 e. The normalized spacial score (nSPS) is 21.4. The highest BCUT2D eigenvalue weighted by Crippen LogP contribution is 2.35. The number of carboxylic acids is 1. The molecule has 0 saturated carbocycles. The third-order valence-corrected chi connectivity index (χ3v) is 8.20. The van der Waals surface area contributed by atoms with Crippen molar-refractivity contribution in [1.82, 2.24) is 9.21 Å². The molecule has 0 bridgehead atoms. The van der Waals surface area contributed by atoms with Crippen molar-refractivity contribution in [2.75, 3.05) is 38.1 Å². The van der Waals surface area contributed by atoms with E-state index < -0.39 is 22.2 Å². The second-order valence-corrected chi connectivity index (χ2v) is 11.0. The molecule has 2 fully saturated rings. The van der Waals surface area contributed by atoms with Crippen LogP contribution in [0.1, 0.15) is 17.5 Å². The van der Waals surface area contributed by atoms with Gasteiger partial charge in [0.15, 0.2) is 0 Å². The minimum Gasteiger partial charge on any atom is -0.475 e. The van der Waals surface area contributed by atoms with E-state index in [0.29, 0.717) is 32.6 Å². The monoisotopic (exact) mass is 527 g/mol. The highest BCUT2D eigenvalue weighted by Gasteiger charge is 2.50. The van der Waals surface area contributed by atoms with Crippen LogP contribution in [0.25, 0.3) is 0 Å². The molecule has 2 aromatic carbocycles. The zero-order valence-electron chi connectivity index (χ0n) is 19.9. The maximum atomic E-state index is 13.1. The van der Waals surface area contributed by atoms with Crippen molar-refractivity contribution in [3.63, 3.8) is 0 Å². The van der Waals surface area contributed by atoms with Crippen LogP contribution in [0, 0.1) is 6.92 Å². The van der Waals surface area contributed by atoms with Gasteiger partial charge in [-0.3, -0.25) is 9.69 Å². The van der Waals surface area contributed by atoms with Crippen LogP contribution in [0.2, 0.25) is 0 Å². The number of carbonyl (C=O) groups excluding carboxylic acids is 1. The van der Waals surface area contributed by atoms with Crippen molar-refractivity contribution in [3.05, 3.63) is 65.7 Å². The molecule has 196 valence electrons. The van der Waals surface area contributed by atoms with E-state index in [-0.39, 0.29) is 17.2 Å². The van der Waals surface area contributed by atoms with E-state index in [4.69, 9.17) is 9.90 Å². The summed E-state index contributed by atoms with van der Waals surface area (Å²) >= 11 is 0. The first-order chi connectivity index (χ1) is 16.7. The van der Waals surface area contributed by atoms with Gasteiger partial charge in [-0.25, -0.2) is 13.2 Å². The number of para-hydroxylation sites is 1. The molecule has 0 aliphatic carbocycles. The van der Waals surface area contributed by atoms with Gasteiger partial charge in [-0.15, -0.1) is 0 Å². The summed E-state index contributed by atoms with van der Waals surface area (Å²) in [6.07, 6.45) is -4.37. The fourth-order valence-electron chi connectivity index (χ4n) is 4.29. The highest BCUT2D eigenvalue weighted by atomic mass is 32.2. The number of rotatable bonds is 4. The molecule has 36 heavy (non-hydrogen) atoms. The molecular weight excluding hydrogens is 499 g/mol. The van der Waals surface area contributed by atoms with Gasteiger partial charge in [0.2, 0.25) is 15.9 Å². The number of hydrogen-bond donors (Lipinski definition) is 1. The number of carboxylic acid groups (broad SMARTS) is 1. The molecule has 2 aromatic rings. The first-order valence-corrected chi connectivity index (χ1v) is 12.7. The largest absolute Gasteiger partial charge is 0.490 e. The Morgan fingerprint density at radius 1 is 1.06 bits per heavy atom. The zero-order valence-corrected chi connectivity index (χ0v) is 20.7. The highest BCUT2D eigenvalue weighted by molar-refractivity contribution is 7.88. The summed E-state index contributed by atoms with van der Waals surface area (Å²) < 4.78 is 59.5. The molecule has 8 nitrogen and oxygen atoms in total. The summed E-state index contributed by atoms with van der Waals surface area (Å²) in [5.41, 5.74) is 2.42. The van der Waals surface area contributed by atoms with E-state index in [0.717, 1.165) is 16.8 Å². The lowest BCUT2D eigenvalue weighted by atomic mass is 9.92. The van der Waals surface area contributed by atoms with Gasteiger partial charge < -0.3 is 10.0 Å². The quantitative estimate of drug-likeness (QED) is 0.657. The van der Waals surface area contributed by atoms with E-state index in [2.05, 4.69) is 0 Å². The van der Waals surface area contributed by atoms with Crippen LogP contribution in [0.15, 0.2) is 54.6 Å². The number of carbonyl (C=O) groups is 2. The lowest BCUT2D eigenvalue weighted by molar-refractivity contribution is -0.192. The van der Waals surface area contributed by atoms with Crippen LogP contribution in [0.5, 0.6) is 0 Å². The molecule has 2 aliphatic heterocycles. The summed E-state index contributed by atoms with van der Waals surface area (Å²) in [5, 5.41) is 7.12. The van der Waals surface area contributed by atoms with Gasteiger partial charge in [0, 0.05) is 25.3 Å².